The molecule has 0 aliphatic heterocycles. The molecule has 0 fully saturated rings. The lowest BCUT2D eigenvalue weighted by Gasteiger charge is -1.98. The van der Waals surface area contributed by atoms with Crippen LogP contribution in [0.3, 0.4) is 0 Å². The molecule has 16 heavy (non-hydrogen) atoms. The Kier molecular flexibility index (Phi) is 2.72. The van der Waals surface area contributed by atoms with Crippen LogP contribution >= 0.6 is 0 Å². The highest BCUT2D eigenvalue weighted by Gasteiger charge is 2.09. The van der Waals surface area contributed by atoms with E-state index in [2.05, 4.69) is 15.4 Å². The van der Waals surface area contributed by atoms with Crippen molar-refractivity contribution < 1.29 is 4.79 Å². The largest absolute Gasteiger partial charge is 0.340 e. The van der Waals surface area contributed by atoms with Crippen molar-refractivity contribution in [2.75, 3.05) is 5.32 Å². The van der Waals surface area contributed by atoms with Crippen LogP contribution in [-0.4, -0.2) is 25.2 Å². The monoisotopic (exact) mass is 219 g/mol. The summed E-state index contributed by atoms with van der Waals surface area (Å²) in [5, 5.41) is 6.79. The van der Waals surface area contributed by atoms with E-state index in [4.69, 9.17) is 0 Å². The van der Waals surface area contributed by atoms with Gasteiger partial charge in [-0.15, -0.1) is 0 Å². The van der Waals surface area contributed by atoms with Crippen molar-refractivity contribution in [1.29, 1.82) is 0 Å². The van der Waals surface area contributed by atoms with Crippen molar-refractivity contribution >= 4 is 11.6 Å². The van der Waals surface area contributed by atoms with Crippen LogP contribution in [0, 0.1) is 0 Å². The van der Waals surface area contributed by atoms with Crippen LogP contribution in [0.4, 0.5) is 5.69 Å². The predicted octanol–water partition coefficient (Wildman–Crippen LogP) is 0.889. The second-order valence-corrected chi connectivity index (χ2v) is 3.46. The first kappa shape index (κ1) is 10.4. The number of nitrogens with zero attached hydrogens (tertiary/aromatic N) is 4. The van der Waals surface area contributed by atoms with Crippen LogP contribution in [0.1, 0.15) is 17.4 Å². The lowest BCUT2D eigenvalue weighted by molar-refractivity contribution is 0.102. The second kappa shape index (κ2) is 4.18. The predicted molar refractivity (Wildman–Crippen MR) is 59.1 cm³/mol. The number of aromatic nitrogens is 4. The van der Waals surface area contributed by atoms with E-state index >= 15 is 0 Å². The Balaban J connectivity index is 2.07. The van der Waals surface area contributed by atoms with Gasteiger partial charge in [-0.25, -0.2) is 4.98 Å². The molecule has 0 atom stereocenters. The third-order valence-corrected chi connectivity index (χ3v) is 2.15. The lowest BCUT2D eigenvalue weighted by Crippen LogP contribution is -2.11. The summed E-state index contributed by atoms with van der Waals surface area (Å²) in [7, 11) is 1.82. The number of carbonyl (C=O) groups excluding carboxylic acids is 1. The number of aryl methyl sites for hydroxylation is 2. The van der Waals surface area contributed by atoms with E-state index < -0.39 is 0 Å². The number of anilines is 1. The molecule has 0 aliphatic carbocycles. The molecule has 84 valence electrons. The average Bonchev–Trinajstić information content (AvgIpc) is 2.87. The molecule has 1 amide bonds. The van der Waals surface area contributed by atoms with Gasteiger partial charge in [-0.1, -0.05) is 0 Å². The zero-order valence-electron chi connectivity index (χ0n) is 9.21. The molecule has 2 aromatic heterocycles. The van der Waals surface area contributed by atoms with Gasteiger partial charge in [-0.3, -0.25) is 9.48 Å². The van der Waals surface area contributed by atoms with E-state index in [1.165, 1.54) is 0 Å². The molecule has 0 bridgehead atoms. The normalized spacial score (nSPS) is 10.4. The third-order valence-electron chi connectivity index (χ3n) is 2.15. The van der Waals surface area contributed by atoms with Gasteiger partial charge in [0.2, 0.25) is 0 Å². The van der Waals surface area contributed by atoms with E-state index in [1.54, 1.807) is 34.2 Å². The topological polar surface area (TPSA) is 64.7 Å². The van der Waals surface area contributed by atoms with Gasteiger partial charge in [0.1, 0.15) is 5.69 Å². The fourth-order valence-corrected chi connectivity index (χ4v) is 1.33. The first-order valence-corrected chi connectivity index (χ1v) is 5.01. The van der Waals surface area contributed by atoms with Gasteiger partial charge in [0.15, 0.2) is 0 Å². The van der Waals surface area contributed by atoms with Crippen molar-refractivity contribution in [1.82, 2.24) is 19.3 Å². The SMILES string of the molecule is CCn1cc(NC(=O)c2cn(C)cn2)cn1. The Morgan fingerprint density at radius 2 is 2.31 bits per heavy atom. The molecule has 2 heterocycles. The van der Waals surface area contributed by atoms with Crippen molar-refractivity contribution in [3.05, 3.63) is 30.6 Å². The highest BCUT2D eigenvalue weighted by Crippen LogP contribution is 2.06. The van der Waals surface area contributed by atoms with Gasteiger partial charge >= 0.3 is 0 Å². The summed E-state index contributed by atoms with van der Waals surface area (Å²) in [4.78, 5) is 15.7. The lowest BCUT2D eigenvalue weighted by atomic mass is 10.4. The summed E-state index contributed by atoms with van der Waals surface area (Å²) in [6.07, 6.45) is 6.65. The molecule has 0 saturated carbocycles. The molecular weight excluding hydrogens is 206 g/mol. The third kappa shape index (κ3) is 2.10. The van der Waals surface area contributed by atoms with Gasteiger partial charge in [-0.05, 0) is 6.92 Å². The van der Waals surface area contributed by atoms with Gasteiger partial charge in [0.05, 0.1) is 18.2 Å². The molecule has 2 rings (SSSR count). The van der Waals surface area contributed by atoms with Gasteiger partial charge < -0.3 is 9.88 Å². The van der Waals surface area contributed by atoms with Crippen LogP contribution in [0.5, 0.6) is 0 Å². The Labute approximate surface area is 92.9 Å². The summed E-state index contributed by atoms with van der Waals surface area (Å²) in [6, 6.07) is 0. The number of amides is 1. The van der Waals surface area contributed by atoms with Gasteiger partial charge in [-0.2, -0.15) is 5.10 Å². The molecular formula is C10H13N5O. The van der Waals surface area contributed by atoms with Gasteiger partial charge in [0, 0.05) is 26.0 Å². The number of nitrogens with one attached hydrogen (secondary N) is 1. The zero-order chi connectivity index (χ0) is 11.5. The number of imidazole rings is 1. The van der Waals surface area contributed by atoms with Crippen molar-refractivity contribution in [2.45, 2.75) is 13.5 Å². The van der Waals surface area contributed by atoms with Crippen molar-refractivity contribution in [3.8, 4) is 0 Å². The summed E-state index contributed by atoms with van der Waals surface area (Å²) >= 11 is 0. The molecule has 0 aromatic carbocycles. The van der Waals surface area contributed by atoms with E-state index in [9.17, 15) is 4.79 Å². The fraction of sp³-hybridized carbons (Fsp3) is 0.300. The second-order valence-electron chi connectivity index (χ2n) is 3.46. The Morgan fingerprint density at radius 1 is 1.50 bits per heavy atom. The number of hydrogen-bond acceptors (Lipinski definition) is 3. The fourth-order valence-electron chi connectivity index (χ4n) is 1.33. The van der Waals surface area contributed by atoms with Crippen LogP contribution in [0.15, 0.2) is 24.9 Å². The smallest absolute Gasteiger partial charge is 0.275 e. The van der Waals surface area contributed by atoms with E-state index in [1.807, 2.05) is 14.0 Å². The average molecular weight is 219 g/mol. The molecule has 0 saturated heterocycles. The standard InChI is InChI=1S/C10H13N5O/c1-3-15-5-8(4-12-15)13-10(16)9-6-14(2)7-11-9/h4-7H,3H2,1-2H3,(H,13,16). The van der Waals surface area contributed by atoms with Crippen molar-refractivity contribution in [3.63, 3.8) is 0 Å². The molecule has 1 N–H and O–H groups in total. The summed E-state index contributed by atoms with van der Waals surface area (Å²) in [6.45, 7) is 2.76. The minimum Gasteiger partial charge on any atom is -0.340 e. The Hall–Kier alpha value is -2.11. The van der Waals surface area contributed by atoms with E-state index in [0.717, 1.165) is 6.54 Å². The quantitative estimate of drug-likeness (QED) is 0.833. The summed E-state index contributed by atoms with van der Waals surface area (Å²) in [5.41, 5.74) is 1.07. The Morgan fingerprint density at radius 3 is 2.88 bits per heavy atom. The Bertz CT molecular complexity index is 499. The van der Waals surface area contributed by atoms with E-state index in [0.29, 0.717) is 11.4 Å². The highest BCUT2D eigenvalue weighted by atomic mass is 16.1. The molecule has 6 nitrogen and oxygen atoms in total. The number of rotatable bonds is 3. The highest BCUT2D eigenvalue weighted by molar-refractivity contribution is 6.02. The summed E-state index contributed by atoms with van der Waals surface area (Å²) in [5.74, 6) is -0.226. The maximum Gasteiger partial charge on any atom is 0.275 e. The first-order chi connectivity index (χ1) is 7.69. The van der Waals surface area contributed by atoms with Crippen LogP contribution in [0.25, 0.3) is 0 Å². The molecule has 0 spiro atoms. The van der Waals surface area contributed by atoms with Crippen LogP contribution in [0.2, 0.25) is 0 Å². The minimum absolute atomic E-state index is 0.226. The number of carbonyl (C=O) groups is 1. The van der Waals surface area contributed by atoms with Gasteiger partial charge in [0.25, 0.3) is 5.91 Å². The van der Waals surface area contributed by atoms with E-state index in [-0.39, 0.29) is 5.91 Å². The first-order valence-electron chi connectivity index (χ1n) is 5.01. The molecule has 6 heteroatoms. The van der Waals surface area contributed by atoms with Crippen molar-refractivity contribution in [2.24, 2.45) is 7.05 Å². The molecule has 0 aliphatic rings. The molecule has 2 aromatic rings. The van der Waals surface area contributed by atoms with Crippen LogP contribution < -0.4 is 5.32 Å². The van der Waals surface area contributed by atoms with Crippen LogP contribution in [-0.2, 0) is 13.6 Å². The molecule has 0 unspecified atom stereocenters. The molecule has 0 radical (unpaired) electrons. The number of hydrogen-bond donors (Lipinski definition) is 1. The maximum absolute atomic E-state index is 11.7. The maximum atomic E-state index is 11.7. The zero-order valence-corrected chi connectivity index (χ0v) is 9.21. The summed E-state index contributed by atoms with van der Waals surface area (Å²) < 4.78 is 3.47. The minimum atomic E-state index is -0.226.